The van der Waals surface area contributed by atoms with E-state index >= 15 is 0 Å². The molecule has 0 fully saturated rings. The summed E-state index contributed by atoms with van der Waals surface area (Å²) < 4.78 is 39.9. The zero-order valence-corrected chi connectivity index (χ0v) is 14.1. The van der Waals surface area contributed by atoms with Gasteiger partial charge in [-0.15, -0.1) is 0 Å². The summed E-state index contributed by atoms with van der Waals surface area (Å²) in [6.45, 7) is 1.98. The van der Waals surface area contributed by atoms with Gasteiger partial charge in [0.05, 0.1) is 5.02 Å². The largest absolute Gasteiger partial charge is 0.244 e. The number of hydrogen-bond acceptors (Lipinski definition) is 2. The molecule has 0 heterocycles. The Kier molecular flexibility index (Phi) is 5.45. The van der Waals surface area contributed by atoms with Crippen molar-refractivity contribution in [1.82, 2.24) is 4.31 Å². The van der Waals surface area contributed by atoms with Gasteiger partial charge in [0.25, 0.3) is 0 Å². The lowest BCUT2D eigenvalue weighted by molar-refractivity contribution is 0.422. The van der Waals surface area contributed by atoms with E-state index in [1.54, 1.807) is 13.0 Å². The highest BCUT2D eigenvalue weighted by Gasteiger charge is 2.26. The van der Waals surface area contributed by atoms with Crippen molar-refractivity contribution in [2.75, 3.05) is 6.54 Å². The molecule has 0 saturated carbocycles. The molecule has 0 aliphatic heterocycles. The summed E-state index contributed by atoms with van der Waals surface area (Å²) in [7, 11) is -3.82. The van der Waals surface area contributed by atoms with Gasteiger partial charge in [-0.2, -0.15) is 4.31 Å². The van der Waals surface area contributed by atoms with Crippen LogP contribution in [0.25, 0.3) is 0 Å². The first-order valence-electron chi connectivity index (χ1n) is 6.54. The quantitative estimate of drug-likeness (QED) is 0.793. The summed E-state index contributed by atoms with van der Waals surface area (Å²) in [6.07, 6.45) is 0. The lowest BCUT2D eigenvalue weighted by Crippen LogP contribution is -2.30. The second-order valence-corrected chi connectivity index (χ2v) is 7.39. The standard InChI is InChI=1S/C15H14Cl2FNO2S/c1-2-19(10-11-4-3-5-13(18)8-11)22(20,21)15-9-12(16)6-7-14(15)17/h3-9H,2,10H2,1H3. The highest BCUT2D eigenvalue weighted by Crippen LogP contribution is 2.28. The van der Waals surface area contributed by atoms with Crippen molar-refractivity contribution in [3.63, 3.8) is 0 Å². The average Bonchev–Trinajstić information content (AvgIpc) is 2.47. The molecule has 118 valence electrons. The van der Waals surface area contributed by atoms with Gasteiger partial charge < -0.3 is 0 Å². The molecule has 2 aromatic carbocycles. The van der Waals surface area contributed by atoms with Crippen molar-refractivity contribution in [3.05, 3.63) is 63.9 Å². The molecule has 0 spiro atoms. The van der Waals surface area contributed by atoms with Crippen LogP contribution in [0.3, 0.4) is 0 Å². The van der Waals surface area contributed by atoms with Gasteiger partial charge in [0.15, 0.2) is 0 Å². The molecular weight excluding hydrogens is 348 g/mol. The van der Waals surface area contributed by atoms with Gasteiger partial charge >= 0.3 is 0 Å². The predicted octanol–water partition coefficient (Wildman–Crippen LogP) is 4.34. The van der Waals surface area contributed by atoms with Gasteiger partial charge in [-0.1, -0.05) is 42.3 Å². The van der Waals surface area contributed by atoms with Gasteiger partial charge in [-0.05, 0) is 35.9 Å². The van der Waals surface area contributed by atoms with Crippen LogP contribution in [0.5, 0.6) is 0 Å². The van der Waals surface area contributed by atoms with E-state index in [4.69, 9.17) is 23.2 Å². The maximum atomic E-state index is 13.3. The highest BCUT2D eigenvalue weighted by molar-refractivity contribution is 7.89. The van der Waals surface area contributed by atoms with Crippen LogP contribution >= 0.6 is 23.2 Å². The van der Waals surface area contributed by atoms with Gasteiger partial charge in [0.2, 0.25) is 10.0 Å². The van der Waals surface area contributed by atoms with Gasteiger partial charge in [0, 0.05) is 18.1 Å². The molecule has 0 atom stereocenters. The van der Waals surface area contributed by atoms with E-state index in [9.17, 15) is 12.8 Å². The molecule has 0 radical (unpaired) electrons. The van der Waals surface area contributed by atoms with Gasteiger partial charge in [-0.3, -0.25) is 0 Å². The van der Waals surface area contributed by atoms with Crippen LogP contribution in [0.1, 0.15) is 12.5 Å². The lowest BCUT2D eigenvalue weighted by atomic mass is 10.2. The molecule has 3 nitrogen and oxygen atoms in total. The fourth-order valence-corrected chi connectivity index (χ4v) is 4.19. The highest BCUT2D eigenvalue weighted by atomic mass is 35.5. The Hall–Kier alpha value is -1.14. The van der Waals surface area contributed by atoms with E-state index < -0.39 is 15.8 Å². The van der Waals surface area contributed by atoms with Crippen LogP contribution < -0.4 is 0 Å². The normalized spacial score (nSPS) is 11.9. The van der Waals surface area contributed by atoms with E-state index in [1.807, 2.05) is 0 Å². The Labute approximate surface area is 139 Å². The number of halogens is 3. The first-order chi connectivity index (χ1) is 10.3. The fourth-order valence-electron chi connectivity index (χ4n) is 2.02. The van der Waals surface area contributed by atoms with Crippen LogP contribution in [0.15, 0.2) is 47.4 Å². The number of sulfonamides is 1. The Balaban J connectivity index is 2.39. The van der Waals surface area contributed by atoms with Crippen molar-refractivity contribution in [2.24, 2.45) is 0 Å². The monoisotopic (exact) mass is 361 g/mol. The van der Waals surface area contributed by atoms with Gasteiger partial charge in [0.1, 0.15) is 10.7 Å². The van der Waals surface area contributed by atoms with Crippen LogP contribution in [0.4, 0.5) is 4.39 Å². The zero-order valence-electron chi connectivity index (χ0n) is 11.8. The SMILES string of the molecule is CCN(Cc1cccc(F)c1)S(=O)(=O)c1cc(Cl)ccc1Cl. The minimum Gasteiger partial charge on any atom is -0.207 e. The predicted molar refractivity (Wildman–Crippen MR) is 86.1 cm³/mol. The van der Waals surface area contributed by atoms with E-state index in [-0.39, 0.29) is 28.0 Å². The Morgan fingerprint density at radius 1 is 1.14 bits per heavy atom. The lowest BCUT2D eigenvalue weighted by Gasteiger charge is -2.21. The third-order valence-corrected chi connectivity index (χ3v) is 5.75. The van der Waals surface area contributed by atoms with Gasteiger partial charge in [-0.25, -0.2) is 12.8 Å². The zero-order chi connectivity index (χ0) is 16.3. The maximum absolute atomic E-state index is 13.3. The molecule has 0 bridgehead atoms. The molecule has 0 aliphatic rings. The summed E-state index contributed by atoms with van der Waals surface area (Å²) in [5.41, 5.74) is 0.559. The molecule has 7 heteroatoms. The minimum atomic E-state index is -3.82. The molecule has 0 N–H and O–H groups in total. The van der Waals surface area contributed by atoms with Crippen molar-refractivity contribution in [3.8, 4) is 0 Å². The maximum Gasteiger partial charge on any atom is 0.244 e. The number of nitrogens with zero attached hydrogens (tertiary/aromatic N) is 1. The summed E-state index contributed by atoms with van der Waals surface area (Å²) in [5.74, 6) is -0.410. The second kappa shape index (κ2) is 6.96. The Morgan fingerprint density at radius 3 is 2.50 bits per heavy atom. The first-order valence-corrected chi connectivity index (χ1v) is 8.74. The Morgan fingerprint density at radius 2 is 1.86 bits per heavy atom. The smallest absolute Gasteiger partial charge is 0.207 e. The molecule has 2 aromatic rings. The van der Waals surface area contributed by atoms with Crippen LogP contribution in [-0.2, 0) is 16.6 Å². The molecule has 0 amide bonds. The summed E-state index contributed by atoms with van der Waals surface area (Å²) in [4.78, 5) is -0.0556. The summed E-state index contributed by atoms with van der Waals surface area (Å²) in [5, 5.41) is 0.381. The molecule has 0 unspecified atom stereocenters. The van der Waals surface area contributed by atoms with Crippen LogP contribution in [-0.4, -0.2) is 19.3 Å². The molecule has 0 saturated heterocycles. The van der Waals surface area contributed by atoms with Crippen molar-refractivity contribution in [1.29, 1.82) is 0 Å². The van der Waals surface area contributed by atoms with E-state index in [0.29, 0.717) is 5.56 Å². The minimum absolute atomic E-state index is 0.0550. The van der Waals surface area contributed by atoms with E-state index in [1.165, 1.54) is 40.7 Å². The van der Waals surface area contributed by atoms with E-state index in [2.05, 4.69) is 0 Å². The number of hydrogen-bond donors (Lipinski definition) is 0. The summed E-state index contributed by atoms with van der Waals surface area (Å²) >= 11 is 11.8. The average molecular weight is 362 g/mol. The Bertz CT molecular complexity index is 781. The van der Waals surface area contributed by atoms with Crippen molar-refractivity contribution < 1.29 is 12.8 Å². The first kappa shape index (κ1) is 17.2. The van der Waals surface area contributed by atoms with Crippen molar-refractivity contribution >= 4 is 33.2 Å². The van der Waals surface area contributed by atoms with Crippen molar-refractivity contribution in [2.45, 2.75) is 18.4 Å². The summed E-state index contributed by atoms with van der Waals surface area (Å²) in [6, 6.07) is 10.1. The van der Waals surface area contributed by atoms with E-state index in [0.717, 1.165) is 0 Å². The third kappa shape index (κ3) is 3.79. The van der Waals surface area contributed by atoms with Crippen LogP contribution in [0.2, 0.25) is 10.0 Å². The third-order valence-electron chi connectivity index (χ3n) is 3.11. The topological polar surface area (TPSA) is 37.4 Å². The second-order valence-electron chi connectivity index (χ2n) is 4.64. The number of benzene rings is 2. The molecule has 0 aliphatic carbocycles. The molecular formula is C15H14Cl2FNO2S. The number of rotatable bonds is 5. The van der Waals surface area contributed by atoms with Crippen LogP contribution in [0, 0.1) is 5.82 Å². The fraction of sp³-hybridized carbons (Fsp3) is 0.200. The molecule has 2 rings (SSSR count). The molecule has 22 heavy (non-hydrogen) atoms. The molecule has 0 aromatic heterocycles.